The maximum absolute atomic E-state index is 12.6. The van der Waals surface area contributed by atoms with Crippen LogP contribution < -0.4 is 5.32 Å². The molecule has 3 rings (SSSR count). The van der Waals surface area contributed by atoms with Crippen LogP contribution in [-0.4, -0.2) is 49.6 Å². The predicted octanol–water partition coefficient (Wildman–Crippen LogP) is 3.49. The number of nitrogens with one attached hydrogen (secondary N) is 1. The van der Waals surface area contributed by atoms with Gasteiger partial charge in [0.25, 0.3) is 0 Å². The highest BCUT2D eigenvalue weighted by molar-refractivity contribution is 7.89. The molecule has 176 valence electrons. The number of ether oxygens (including phenoxy) is 1. The molecule has 0 bridgehead atoms. The highest BCUT2D eigenvalue weighted by Crippen LogP contribution is 2.21. The highest BCUT2D eigenvalue weighted by Gasteiger charge is 2.27. The Labute approximate surface area is 194 Å². The van der Waals surface area contributed by atoms with Gasteiger partial charge in [-0.25, -0.2) is 13.2 Å². The number of benzene rings is 2. The van der Waals surface area contributed by atoms with Crippen LogP contribution in [0.4, 0.5) is 5.69 Å². The first kappa shape index (κ1) is 24.6. The summed E-state index contributed by atoms with van der Waals surface area (Å²) in [5, 5.41) is 2.74. The number of carbonyl (C=O) groups is 3. The normalized spacial score (nSPS) is 15.3. The Morgan fingerprint density at radius 2 is 1.42 bits per heavy atom. The zero-order valence-electron chi connectivity index (χ0n) is 18.9. The standard InChI is InChI=1S/C24H28N2O6S/c1-16(2)23(28)25-20-10-6-18(7-11-20)22(27)17(3)32-24(29)19-8-12-21(13-9-19)33(30,31)26-14-4-5-15-26/h6-13,16-17H,4-5,14-15H2,1-3H3,(H,25,28)/t17-/m0/s1. The van der Waals surface area contributed by atoms with E-state index in [-0.39, 0.29) is 22.3 Å². The van der Waals surface area contributed by atoms with Crippen molar-refractivity contribution < 1.29 is 27.5 Å². The molecule has 1 heterocycles. The molecule has 0 saturated carbocycles. The van der Waals surface area contributed by atoms with Crippen molar-refractivity contribution in [2.45, 2.75) is 44.6 Å². The second-order valence-electron chi connectivity index (χ2n) is 8.27. The van der Waals surface area contributed by atoms with E-state index in [1.54, 1.807) is 38.1 Å². The molecule has 8 nitrogen and oxygen atoms in total. The van der Waals surface area contributed by atoms with E-state index < -0.39 is 27.9 Å². The Balaban J connectivity index is 1.61. The molecule has 1 N–H and O–H groups in total. The van der Waals surface area contributed by atoms with Gasteiger partial charge in [0.1, 0.15) is 0 Å². The third-order valence-electron chi connectivity index (χ3n) is 5.41. The highest BCUT2D eigenvalue weighted by atomic mass is 32.2. The van der Waals surface area contributed by atoms with E-state index in [0.717, 1.165) is 12.8 Å². The van der Waals surface area contributed by atoms with E-state index in [1.807, 2.05) is 0 Å². The van der Waals surface area contributed by atoms with Crippen molar-refractivity contribution in [3.05, 3.63) is 59.7 Å². The summed E-state index contributed by atoms with van der Waals surface area (Å²) in [7, 11) is -3.57. The molecule has 1 fully saturated rings. The number of anilines is 1. The summed E-state index contributed by atoms with van der Waals surface area (Å²) in [6, 6.07) is 11.9. The van der Waals surface area contributed by atoms with Crippen molar-refractivity contribution >= 4 is 33.4 Å². The lowest BCUT2D eigenvalue weighted by Gasteiger charge is -2.16. The first-order chi connectivity index (χ1) is 15.6. The van der Waals surface area contributed by atoms with Gasteiger partial charge >= 0.3 is 5.97 Å². The largest absolute Gasteiger partial charge is 0.451 e. The number of amides is 1. The maximum Gasteiger partial charge on any atom is 0.338 e. The average molecular weight is 473 g/mol. The second-order valence-corrected chi connectivity index (χ2v) is 10.2. The fourth-order valence-electron chi connectivity index (χ4n) is 3.36. The first-order valence-electron chi connectivity index (χ1n) is 10.9. The van der Waals surface area contributed by atoms with Gasteiger partial charge in [-0.3, -0.25) is 9.59 Å². The van der Waals surface area contributed by atoms with Crippen LogP contribution >= 0.6 is 0 Å². The van der Waals surface area contributed by atoms with Crippen molar-refractivity contribution in [1.29, 1.82) is 0 Å². The quantitative estimate of drug-likeness (QED) is 0.465. The number of ketones is 1. The SMILES string of the molecule is CC(C)C(=O)Nc1ccc(C(=O)[C@H](C)OC(=O)c2ccc(S(=O)(=O)N3CCCC3)cc2)cc1. The number of sulfonamides is 1. The van der Waals surface area contributed by atoms with E-state index in [0.29, 0.717) is 24.3 Å². The topological polar surface area (TPSA) is 110 Å². The molecule has 0 aromatic heterocycles. The van der Waals surface area contributed by atoms with Gasteiger partial charge in [0, 0.05) is 30.3 Å². The van der Waals surface area contributed by atoms with Crippen LogP contribution in [0.25, 0.3) is 0 Å². The maximum atomic E-state index is 12.6. The molecule has 1 aliphatic heterocycles. The van der Waals surface area contributed by atoms with Gasteiger partial charge < -0.3 is 10.1 Å². The Bertz CT molecular complexity index is 1120. The van der Waals surface area contributed by atoms with Crippen LogP contribution in [0.2, 0.25) is 0 Å². The molecular formula is C24H28N2O6S. The molecule has 1 atom stereocenters. The number of hydrogen-bond acceptors (Lipinski definition) is 6. The number of nitrogens with zero attached hydrogens (tertiary/aromatic N) is 1. The van der Waals surface area contributed by atoms with Crippen molar-refractivity contribution in [2.24, 2.45) is 5.92 Å². The van der Waals surface area contributed by atoms with Gasteiger partial charge in [0.15, 0.2) is 6.10 Å². The van der Waals surface area contributed by atoms with Gasteiger partial charge in [0.05, 0.1) is 10.5 Å². The van der Waals surface area contributed by atoms with Gasteiger partial charge in [-0.15, -0.1) is 0 Å². The molecule has 1 aliphatic rings. The fourth-order valence-corrected chi connectivity index (χ4v) is 4.88. The lowest BCUT2D eigenvalue weighted by molar-refractivity contribution is -0.118. The van der Waals surface area contributed by atoms with E-state index in [4.69, 9.17) is 4.74 Å². The monoisotopic (exact) mass is 472 g/mol. The number of Topliss-reactive ketones (excluding diaryl/α,β-unsaturated/α-hetero) is 1. The van der Waals surface area contributed by atoms with E-state index in [1.165, 1.54) is 35.5 Å². The predicted molar refractivity (Wildman–Crippen MR) is 124 cm³/mol. The van der Waals surface area contributed by atoms with E-state index in [9.17, 15) is 22.8 Å². The van der Waals surface area contributed by atoms with Crippen LogP contribution in [0.5, 0.6) is 0 Å². The molecule has 9 heteroatoms. The molecular weight excluding hydrogens is 444 g/mol. The molecule has 1 amide bonds. The van der Waals surface area contributed by atoms with Gasteiger partial charge in [-0.05, 0) is 68.3 Å². The number of carbonyl (C=O) groups excluding carboxylic acids is 3. The number of esters is 1. The summed E-state index contributed by atoms with van der Waals surface area (Å²) in [6.07, 6.45) is 0.636. The summed E-state index contributed by atoms with van der Waals surface area (Å²) < 4.78 is 31.9. The number of rotatable bonds is 8. The first-order valence-corrected chi connectivity index (χ1v) is 12.3. The number of hydrogen-bond donors (Lipinski definition) is 1. The Kier molecular flexibility index (Phi) is 7.65. The van der Waals surface area contributed by atoms with Crippen LogP contribution in [0, 0.1) is 5.92 Å². The Morgan fingerprint density at radius 1 is 0.879 bits per heavy atom. The molecule has 2 aromatic carbocycles. The van der Waals surface area contributed by atoms with Crippen molar-refractivity contribution in [1.82, 2.24) is 4.31 Å². The Morgan fingerprint density at radius 3 is 1.97 bits per heavy atom. The lowest BCUT2D eigenvalue weighted by Crippen LogP contribution is -2.28. The minimum absolute atomic E-state index is 0.120. The molecule has 1 saturated heterocycles. The van der Waals surface area contributed by atoms with Crippen LogP contribution in [0.15, 0.2) is 53.4 Å². The van der Waals surface area contributed by atoms with Crippen LogP contribution in [0.1, 0.15) is 54.3 Å². The molecule has 33 heavy (non-hydrogen) atoms. The third kappa shape index (κ3) is 5.85. The summed E-state index contributed by atoms with van der Waals surface area (Å²) in [5.41, 5.74) is 1.06. The summed E-state index contributed by atoms with van der Waals surface area (Å²) in [5.74, 6) is -1.41. The van der Waals surface area contributed by atoms with Crippen molar-refractivity contribution in [3.63, 3.8) is 0 Å². The van der Waals surface area contributed by atoms with Gasteiger partial charge in [-0.2, -0.15) is 4.31 Å². The van der Waals surface area contributed by atoms with Gasteiger partial charge in [0.2, 0.25) is 21.7 Å². The van der Waals surface area contributed by atoms with E-state index >= 15 is 0 Å². The Hall–Kier alpha value is -3.04. The summed E-state index contributed by atoms with van der Waals surface area (Å²) >= 11 is 0. The molecule has 2 aromatic rings. The van der Waals surface area contributed by atoms with Crippen molar-refractivity contribution in [2.75, 3.05) is 18.4 Å². The van der Waals surface area contributed by atoms with Crippen molar-refractivity contribution in [3.8, 4) is 0 Å². The minimum atomic E-state index is -3.57. The minimum Gasteiger partial charge on any atom is -0.451 e. The zero-order chi connectivity index (χ0) is 24.2. The smallest absolute Gasteiger partial charge is 0.338 e. The molecule has 0 radical (unpaired) electrons. The average Bonchev–Trinajstić information content (AvgIpc) is 3.35. The molecule has 0 unspecified atom stereocenters. The fraction of sp³-hybridized carbons (Fsp3) is 0.375. The van der Waals surface area contributed by atoms with Crippen LogP contribution in [0.3, 0.4) is 0 Å². The molecule has 0 aliphatic carbocycles. The van der Waals surface area contributed by atoms with Gasteiger partial charge in [-0.1, -0.05) is 13.8 Å². The summed E-state index contributed by atoms with van der Waals surface area (Å²) in [6.45, 7) is 6.03. The zero-order valence-corrected chi connectivity index (χ0v) is 19.7. The second kappa shape index (κ2) is 10.3. The van der Waals surface area contributed by atoms with E-state index in [2.05, 4.69) is 5.32 Å². The summed E-state index contributed by atoms with van der Waals surface area (Å²) in [4.78, 5) is 37.0. The molecule has 0 spiro atoms. The third-order valence-corrected chi connectivity index (χ3v) is 7.32. The lowest BCUT2D eigenvalue weighted by atomic mass is 10.1. The van der Waals surface area contributed by atoms with Crippen LogP contribution in [-0.2, 0) is 19.6 Å².